The largest absolute Gasteiger partial charge is 0.472 e. The Bertz CT molecular complexity index is 546. The maximum Gasteiger partial charge on any atom is 0.472 e. The van der Waals surface area contributed by atoms with Crippen LogP contribution in [0.25, 0.3) is 0 Å². The van der Waals surface area contributed by atoms with E-state index in [1.807, 2.05) is 41.5 Å². The summed E-state index contributed by atoms with van der Waals surface area (Å²) in [6, 6.07) is 0. The Morgan fingerprint density at radius 3 is 2.50 bits per heavy atom. The van der Waals surface area contributed by atoms with E-state index in [1.54, 1.807) is 0 Å². The van der Waals surface area contributed by atoms with Crippen molar-refractivity contribution in [3.8, 4) is 0 Å². The van der Waals surface area contributed by atoms with E-state index in [0.29, 0.717) is 12.8 Å². The monoisotopic (exact) mass is 423 g/mol. The SMILES string of the molecule is CC(C)OC[C@@]1(N)C[C@@H](C)CC1OP(=O)(O)OCC1O[C@@H](C)CC1OC(C)C. The van der Waals surface area contributed by atoms with Gasteiger partial charge in [0, 0.05) is 6.42 Å². The zero-order valence-corrected chi connectivity index (χ0v) is 18.9. The van der Waals surface area contributed by atoms with Gasteiger partial charge in [-0.25, -0.2) is 4.57 Å². The van der Waals surface area contributed by atoms with Gasteiger partial charge in [0.25, 0.3) is 0 Å². The highest BCUT2D eigenvalue weighted by Crippen LogP contribution is 2.50. The summed E-state index contributed by atoms with van der Waals surface area (Å²) in [6.07, 6.45) is 0.859. The second-order valence-electron chi connectivity index (χ2n) is 8.94. The molecule has 0 amide bonds. The van der Waals surface area contributed by atoms with Crippen LogP contribution >= 0.6 is 7.82 Å². The van der Waals surface area contributed by atoms with Gasteiger partial charge >= 0.3 is 7.82 Å². The van der Waals surface area contributed by atoms with E-state index in [-0.39, 0.29) is 43.5 Å². The third-order valence-corrected chi connectivity index (χ3v) is 6.16. The lowest BCUT2D eigenvalue weighted by molar-refractivity contribution is -0.0654. The summed E-state index contributed by atoms with van der Waals surface area (Å²) in [5.41, 5.74) is 5.67. The van der Waals surface area contributed by atoms with Gasteiger partial charge in [-0.1, -0.05) is 6.92 Å². The van der Waals surface area contributed by atoms with Crippen LogP contribution < -0.4 is 5.73 Å². The first kappa shape index (κ1) is 24.2. The van der Waals surface area contributed by atoms with Gasteiger partial charge in [0.1, 0.15) is 6.10 Å². The molecule has 0 aromatic carbocycles. The molecular weight excluding hydrogens is 385 g/mol. The van der Waals surface area contributed by atoms with Crippen molar-refractivity contribution in [2.24, 2.45) is 11.7 Å². The molecule has 0 bridgehead atoms. The van der Waals surface area contributed by atoms with Crippen LogP contribution in [-0.4, -0.2) is 60.3 Å². The molecule has 2 rings (SSSR count). The second kappa shape index (κ2) is 9.84. The fourth-order valence-electron chi connectivity index (χ4n) is 4.00. The van der Waals surface area contributed by atoms with E-state index < -0.39 is 25.6 Å². The van der Waals surface area contributed by atoms with Crippen molar-refractivity contribution < 1.29 is 32.7 Å². The molecular formula is C19H38NO7P. The first-order valence-corrected chi connectivity index (χ1v) is 11.8. The average molecular weight is 423 g/mol. The standard InChI is InChI=1S/C19H38NO7P/c1-12(2)23-11-19(20)9-14(5)7-18(19)27-28(21,22)24-10-17-16(25-13(3)4)8-15(6)26-17/h12-18H,7-11,20H2,1-6H3,(H,21,22)/t14-,15-,16?,17?,18?,19-/m0/s1. The summed E-state index contributed by atoms with van der Waals surface area (Å²) in [5, 5.41) is 0. The molecule has 1 saturated heterocycles. The molecule has 0 aromatic rings. The van der Waals surface area contributed by atoms with Gasteiger partial charge in [0.2, 0.25) is 0 Å². The molecule has 0 radical (unpaired) electrons. The predicted octanol–water partition coefficient (Wildman–Crippen LogP) is 3.01. The minimum Gasteiger partial charge on any atom is -0.377 e. The van der Waals surface area contributed by atoms with Gasteiger partial charge in [0.05, 0.1) is 49.3 Å². The van der Waals surface area contributed by atoms with Crippen molar-refractivity contribution in [1.82, 2.24) is 0 Å². The fraction of sp³-hybridized carbons (Fsp3) is 1.00. The van der Waals surface area contributed by atoms with Crippen LogP contribution in [0.5, 0.6) is 0 Å². The van der Waals surface area contributed by atoms with Crippen LogP contribution in [0.4, 0.5) is 0 Å². The van der Waals surface area contributed by atoms with Crippen LogP contribution in [0.15, 0.2) is 0 Å². The van der Waals surface area contributed by atoms with Crippen molar-refractivity contribution >= 4 is 7.82 Å². The van der Waals surface area contributed by atoms with E-state index in [0.717, 1.165) is 6.42 Å². The molecule has 0 spiro atoms. The summed E-state index contributed by atoms with van der Waals surface area (Å²) in [7, 11) is -4.30. The molecule has 3 N–H and O–H groups in total. The molecule has 7 atom stereocenters. The number of nitrogens with two attached hydrogens (primary N) is 1. The first-order chi connectivity index (χ1) is 12.9. The Hall–Kier alpha value is -0.0500. The van der Waals surface area contributed by atoms with Crippen LogP contribution in [0.1, 0.15) is 60.8 Å². The summed E-state index contributed by atoms with van der Waals surface area (Å²) in [5.74, 6) is 0.272. The molecule has 2 aliphatic rings. The molecule has 1 aliphatic carbocycles. The number of hydrogen-bond donors (Lipinski definition) is 2. The molecule has 1 aliphatic heterocycles. The van der Waals surface area contributed by atoms with Crippen LogP contribution in [0.2, 0.25) is 0 Å². The maximum atomic E-state index is 12.6. The zero-order chi connectivity index (χ0) is 21.1. The van der Waals surface area contributed by atoms with E-state index in [1.165, 1.54) is 0 Å². The minimum absolute atomic E-state index is 0.0110. The van der Waals surface area contributed by atoms with Crippen molar-refractivity contribution in [2.45, 2.75) is 103 Å². The van der Waals surface area contributed by atoms with Crippen molar-refractivity contribution in [3.05, 3.63) is 0 Å². The number of hydrogen-bond acceptors (Lipinski definition) is 7. The molecule has 2 fully saturated rings. The third-order valence-electron chi connectivity index (χ3n) is 5.17. The molecule has 28 heavy (non-hydrogen) atoms. The maximum absolute atomic E-state index is 12.6. The van der Waals surface area contributed by atoms with Crippen LogP contribution in [0.3, 0.4) is 0 Å². The van der Waals surface area contributed by atoms with Crippen molar-refractivity contribution in [2.75, 3.05) is 13.2 Å². The van der Waals surface area contributed by atoms with E-state index in [4.69, 9.17) is 29.0 Å². The van der Waals surface area contributed by atoms with Gasteiger partial charge in [-0.15, -0.1) is 0 Å². The number of rotatable bonds is 10. The second-order valence-corrected chi connectivity index (χ2v) is 10.3. The highest BCUT2D eigenvalue weighted by Gasteiger charge is 2.48. The van der Waals surface area contributed by atoms with E-state index in [9.17, 15) is 9.46 Å². The Kier molecular flexibility index (Phi) is 8.51. The first-order valence-electron chi connectivity index (χ1n) is 10.3. The quantitative estimate of drug-likeness (QED) is 0.516. The normalized spacial score (nSPS) is 38.4. The summed E-state index contributed by atoms with van der Waals surface area (Å²) in [4.78, 5) is 10.3. The average Bonchev–Trinajstić information content (AvgIpc) is 3.02. The molecule has 1 saturated carbocycles. The fourth-order valence-corrected chi connectivity index (χ4v) is 5.02. The van der Waals surface area contributed by atoms with Crippen molar-refractivity contribution in [3.63, 3.8) is 0 Å². The van der Waals surface area contributed by atoms with Gasteiger partial charge in [-0.3, -0.25) is 9.05 Å². The molecule has 4 unspecified atom stereocenters. The van der Waals surface area contributed by atoms with Crippen LogP contribution in [-0.2, 0) is 27.8 Å². The lowest BCUT2D eigenvalue weighted by atomic mass is 9.97. The minimum atomic E-state index is -4.30. The zero-order valence-electron chi connectivity index (χ0n) is 18.0. The van der Waals surface area contributed by atoms with E-state index >= 15 is 0 Å². The number of phosphoric ester groups is 1. The summed E-state index contributed by atoms with van der Waals surface area (Å²) >= 11 is 0. The molecule has 9 heteroatoms. The van der Waals surface area contributed by atoms with Gasteiger partial charge in [-0.05, 0) is 53.4 Å². The molecule has 8 nitrogen and oxygen atoms in total. The van der Waals surface area contributed by atoms with Gasteiger partial charge < -0.3 is 24.8 Å². The van der Waals surface area contributed by atoms with Gasteiger partial charge in [-0.2, -0.15) is 0 Å². The Morgan fingerprint density at radius 1 is 1.21 bits per heavy atom. The summed E-state index contributed by atoms with van der Waals surface area (Å²) in [6.45, 7) is 11.9. The van der Waals surface area contributed by atoms with Crippen molar-refractivity contribution in [1.29, 1.82) is 0 Å². The lowest BCUT2D eigenvalue weighted by Crippen LogP contribution is -2.52. The Morgan fingerprint density at radius 2 is 1.89 bits per heavy atom. The lowest BCUT2D eigenvalue weighted by Gasteiger charge is -2.32. The highest BCUT2D eigenvalue weighted by atomic mass is 31.2. The van der Waals surface area contributed by atoms with Gasteiger partial charge in [0.15, 0.2) is 0 Å². The highest BCUT2D eigenvalue weighted by molar-refractivity contribution is 7.47. The van der Waals surface area contributed by atoms with Crippen LogP contribution in [0, 0.1) is 5.92 Å². The smallest absolute Gasteiger partial charge is 0.377 e. The predicted molar refractivity (Wildman–Crippen MR) is 106 cm³/mol. The Balaban J connectivity index is 1.93. The third kappa shape index (κ3) is 7.03. The number of phosphoric acid groups is 1. The summed E-state index contributed by atoms with van der Waals surface area (Å²) < 4.78 is 40.7. The number of ether oxygens (including phenoxy) is 3. The topological polar surface area (TPSA) is 109 Å². The molecule has 0 aromatic heterocycles. The molecule has 166 valence electrons. The molecule has 1 heterocycles. The van der Waals surface area contributed by atoms with E-state index in [2.05, 4.69) is 0 Å². The Labute approximate surface area is 169 Å².